The Hall–Kier alpha value is -2.73. The zero-order valence-corrected chi connectivity index (χ0v) is 16.3. The molecule has 2 atom stereocenters. The highest BCUT2D eigenvalue weighted by molar-refractivity contribution is 5.86. The lowest BCUT2D eigenvalue weighted by atomic mass is 9.60. The van der Waals surface area contributed by atoms with Crippen LogP contribution in [0.15, 0.2) is 54.9 Å². The number of carbonyl (C=O) groups is 2. The molecule has 1 N–H and O–H groups in total. The Bertz CT molecular complexity index is 907. The van der Waals surface area contributed by atoms with Crippen LogP contribution in [0.2, 0.25) is 0 Å². The Kier molecular flexibility index (Phi) is 4.39. The van der Waals surface area contributed by atoms with Gasteiger partial charge in [0.25, 0.3) is 0 Å². The first-order valence-corrected chi connectivity index (χ1v) is 10.3. The van der Waals surface area contributed by atoms with Gasteiger partial charge in [0.05, 0.1) is 24.6 Å². The fourth-order valence-electron chi connectivity index (χ4n) is 5.12. The van der Waals surface area contributed by atoms with Gasteiger partial charge in [0.15, 0.2) is 0 Å². The van der Waals surface area contributed by atoms with Gasteiger partial charge in [0.2, 0.25) is 11.8 Å². The first-order valence-electron chi connectivity index (χ1n) is 10.3. The van der Waals surface area contributed by atoms with Crippen LogP contribution in [0.4, 0.5) is 0 Å². The smallest absolute Gasteiger partial charge is 0.227 e. The molecule has 0 bridgehead atoms. The maximum absolute atomic E-state index is 13.0. The van der Waals surface area contributed by atoms with Crippen molar-refractivity contribution in [2.24, 2.45) is 5.92 Å². The molecular weight excluding hydrogens is 366 g/mol. The SMILES string of the molecule is O=C(Cc1cccnc1)N1CC2(C1)[C@H](c1ccccc1)[C@H](CO)N2C(=O)C1CC1. The predicted molar refractivity (Wildman–Crippen MR) is 107 cm³/mol. The molecule has 2 aliphatic heterocycles. The molecule has 2 saturated heterocycles. The number of nitrogens with zero attached hydrogens (tertiary/aromatic N) is 3. The molecule has 1 aliphatic carbocycles. The van der Waals surface area contributed by atoms with Crippen LogP contribution in [0.5, 0.6) is 0 Å². The van der Waals surface area contributed by atoms with E-state index in [4.69, 9.17) is 0 Å². The minimum atomic E-state index is -0.390. The number of pyridine rings is 1. The van der Waals surface area contributed by atoms with Crippen LogP contribution in [0, 0.1) is 5.92 Å². The fraction of sp³-hybridized carbons (Fsp3) is 0.435. The lowest BCUT2D eigenvalue weighted by molar-refractivity contribution is -0.203. The van der Waals surface area contributed by atoms with Gasteiger partial charge in [-0.25, -0.2) is 0 Å². The summed E-state index contributed by atoms with van der Waals surface area (Å²) in [5, 5.41) is 10.1. The van der Waals surface area contributed by atoms with E-state index in [1.165, 1.54) is 0 Å². The van der Waals surface area contributed by atoms with Crippen molar-refractivity contribution in [2.75, 3.05) is 19.7 Å². The summed E-state index contributed by atoms with van der Waals surface area (Å²) in [6.45, 7) is 1.00. The van der Waals surface area contributed by atoms with E-state index in [0.29, 0.717) is 19.5 Å². The largest absolute Gasteiger partial charge is 0.394 e. The summed E-state index contributed by atoms with van der Waals surface area (Å²) in [5.41, 5.74) is 1.63. The summed E-state index contributed by atoms with van der Waals surface area (Å²) in [6.07, 6.45) is 5.60. The maximum atomic E-state index is 13.0. The van der Waals surface area contributed by atoms with Crippen LogP contribution in [-0.4, -0.2) is 63.0 Å². The summed E-state index contributed by atoms with van der Waals surface area (Å²) in [7, 11) is 0. The van der Waals surface area contributed by atoms with Crippen LogP contribution in [0.25, 0.3) is 0 Å². The van der Waals surface area contributed by atoms with Gasteiger partial charge >= 0.3 is 0 Å². The van der Waals surface area contributed by atoms with Gasteiger partial charge in [-0.15, -0.1) is 0 Å². The fourth-order valence-corrected chi connectivity index (χ4v) is 5.12. The molecule has 1 saturated carbocycles. The molecule has 1 spiro atoms. The van der Waals surface area contributed by atoms with Crippen LogP contribution in [-0.2, 0) is 16.0 Å². The second-order valence-electron chi connectivity index (χ2n) is 8.51. The number of carbonyl (C=O) groups excluding carboxylic acids is 2. The molecule has 3 heterocycles. The molecule has 1 aromatic carbocycles. The van der Waals surface area contributed by atoms with Gasteiger partial charge in [0.1, 0.15) is 0 Å². The van der Waals surface area contributed by atoms with E-state index >= 15 is 0 Å². The average molecular weight is 391 g/mol. The number of benzene rings is 1. The van der Waals surface area contributed by atoms with Crippen molar-refractivity contribution < 1.29 is 14.7 Å². The van der Waals surface area contributed by atoms with Crippen molar-refractivity contribution in [3.05, 3.63) is 66.0 Å². The molecule has 0 unspecified atom stereocenters. The number of amides is 2. The van der Waals surface area contributed by atoms with E-state index in [-0.39, 0.29) is 41.8 Å². The van der Waals surface area contributed by atoms with Crippen LogP contribution < -0.4 is 0 Å². The van der Waals surface area contributed by atoms with Crippen molar-refractivity contribution in [1.29, 1.82) is 0 Å². The summed E-state index contributed by atoms with van der Waals surface area (Å²) >= 11 is 0. The molecule has 0 radical (unpaired) electrons. The normalized spacial score (nSPS) is 24.7. The van der Waals surface area contributed by atoms with E-state index in [0.717, 1.165) is 24.0 Å². The standard InChI is InChI=1S/C23H25N3O3/c27-13-19-21(17-6-2-1-3-7-17)23(26(19)22(29)18-8-9-18)14-25(15-23)20(28)11-16-5-4-10-24-12-16/h1-7,10,12,18-19,21,27H,8-9,11,13-15H2/t19-,21+/m0/s1. The zero-order chi connectivity index (χ0) is 20.0. The zero-order valence-electron chi connectivity index (χ0n) is 16.3. The molecule has 29 heavy (non-hydrogen) atoms. The van der Waals surface area contributed by atoms with E-state index in [1.54, 1.807) is 12.4 Å². The number of rotatable bonds is 5. The quantitative estimate of drug-likeness (QED) is 0.840. The van der Waals surface area contributed by atoms with Crippen LogP contribution >= 0.6 is 0 Å². The summed E-state index contributed by atoms with van der Waals surface area (Å²) in [5.74, 6) is 0.355. The van der Waals surface area contributed by atoms with Crippen molar-refractivity contribution in [3.63, 3.8) is 0 Å². The molecule has 150 valence electrons. The Morgan fingerprint density at radius 3 is 2.48 bits per heavy atom. The van der Waals surface area contributed by atoms with Gasteiger partial charge < -0.3 is 14.9 Å². The highest BCUT2D eigenvalue weighted by Crippen LogP contribution is 2.55. The number of likely N-dealkylation sites (tertiary alicyclic amines) is 2. The monoisotopic (exact) mass is 391 g/mol. The lowest BCUT2D eigenvalue weighted by Gasteiger charge is -2.70. The van der Waals surface area contributed by atoms with Crippen molar-refractivity contribution >= 4 is 11.8 Å². The Labute approximate surface area is 170 Å². The Morgan fingerprint density at radius 1 is 1.10 bits per heavy atom. The third-order valence-corrected chi connectivity index (χ3v) is 6.65. The molecule has 6 heteroatoms. The highest BCUT2D eigenvalue weighted by atomic mass is 16.3. The summed E-state index contributed by atoms with van der Waals surface area (Å²) in [4.78, 5) is 33.6. The van der Waals surface area contributed by atoms with Gasteiger partial charge in [-0.3, -0.25) is 14.6 Å². The highest BCUT2D eigenvalue weighted by Gasteiger charge is 2.68. The van der Waals surface area contributed by atoms with Crippen LogP contribution in [0.1, 0.15) is 29.9 Å². The summed E-state index contributed by atoms with van der Waals surface area (Å²) in [6, 6.07) is 13.6. The van der Waals surface area contributed by atoms with Crippen molar-refractivity contribution in [2.45, 2.75) is 36.8 Å². The van der Waals surface area contributed by atoms with Crippen LogP contribution in [0.3, 0.4) is 0 Å². The van der Waals surface area contributed by atoms with E-state index in [9.17, 15) is 14.7 Å². The third-order valence-electron chi connectivity index (χ3n) is 6.65. The molecule has 6 nitrogen and oxygen atoms in total. The van der Waals surface area contributed by atoms with Crippen molar-refractivity contribution in [1.82, 2.24) is 14.8 Å². The van der Waals surface area contributed by atoms with Crippen molar-refractivity contribution in [3.8, 4) is 0 Å². The topological polar surface area (TPSA) is 73.7 Å². The molecular formula is C23H25N3O3. The summed E-state index contributed by atoms with van der Waals surface area (Å²) < 4.78 is 0. The van der Waals surface area contributed by atoms with E-state index < -0.39 is 0 Å². The number of aromatic nitrogens is 1. The third kappa shape index (κ3) is 2.94. The predicted octanol–water partition coefficient (Wildman–Crippen LogP) is 1.60. The maximum Gasteiger partial charge on any atom is 0.227 e. The first-order chi connectivity index (χ1) is 14.1. The Morgan fingerprint density at radius 2 is 1.86 bits per heavy atom. The Balaban J connectivity index is 1.38. The molecule has 2 amide bonds. The molecule has 3 fully saturated rings. The van der Waals surface area contributed by atoms with Gasteiger partial charge in [-0.1, -0.05) is 36.4 Å². The van der Waals surface area contributed by atoms with Gasteiger partial charge in [0, 0.05) is 37.3 Å². The molecule has 1 aromatic heterocycles. The molecule has 5 rings (SSSR count). The van der Waals surface area contributed by atoms with E-state index in [2.05, 4.69) is 17.1 Å². The minimum Gasteiger partial charge on any atom is -0.394 e. The minimum absolute atomic E-state index is 0.0522. The van der Waals surface area contributed by atoms with E-state index in [1.807, 2.05) is 40.1 Å². The second-order valence-corrected chi connectivity index (χ2v) is 8.51. The van der Waals surface area contributed by atoms with Gasteiger partial charge in [-0.05, 0) is 30.0 Å². The van der Waals surface area contributed by atoms with Gasteiger partial charge in [-0.2, -0.15) is 0 Å². The first kappa shape index (κ1) is 18.3. The number of hydrogen-bond donors (Lipinski definition) is 1. The number of aliphatic hydroxyl groups excluding tert-OH is 1. The molecule has 2 aromatic rings. The number of hydrogen-bond acceptors (Lipinski definition) is 4. The average Bonchev–Trinajstić information content (AvgIpc) is 3.53. The number of aliphatic hydroxyl groups is 1. The molecule has 3 aliphatic rings. The second kappa shape index (κ2) is 6.95. The lowest BCUT2D eigenvalue weighted by Crippen LogP contribution is -2.86.